The molecule has 1 aliphatic heterocycles. The van der Waals surface area contributed by atoms with Crippen molar-refractivity contribution in [3.8, 4) is 11.4 Å². The van der Waals surface area contributed by atoms with Crippen LogP contribution in [-0.2, 0) is 13.0 Å². The highest BCUT2D eigenvalue weighted by atomic mass is 15.3. The van der Waals surface area contributed by atoms with Gasteiger partial charge in [-0.1, -0.05) is 0 Å². The van der Waals surface area contributed by atoms with Crippen molar-refractivity contribution in [2.75, 3.05) is 13.1 Å². The molecule has 0 radical (unpaired) electrons. The Morgan fingerprint density at radius 3 is 3.00 bits per heavy atom. The number of nitrogens with one attached hydrogen (secondary N) is 1. The molecule has 5 heteroatoms. The van der Waals surface area contributed by atoms with Gasteiger partial charge in [0, 0.05) is 18.9 Å². The fraction of sp³-hybridized carbons (Fsp3) is 0.500. The zero-order valence-corrected chi connectivity index (χ0v) is 11.2. The quantitative estimate of drug-likeness (QED) is 0.902. The molecular formula is C14H19N5. The topological polar surface area (TPSA) is 55.6 Å². The van der Waals surface area contributed by atoms with E-state index < -0.39 is 0 Å². The Kier molecular flexibility index (Phi) is 3.55. The molecule has 1 atom stereocenters. The molecule has 0 bridgehead atoms. The van der Waals surface area contributed by atoms with Crippen LogP contribution in [0.2, 0.25) is 0 Å². The van der Waals surface area contributed by atoms with Gasteiger partial charge < -0.3 is 5.32 Å². The first kappa shape index (κ1) is 12.3. The molecule has 19 heavy (non-hydrogen) atoms. The third-order valence-corrected chi connectivity index (χ3v) is 3.64. The molecule has 1 N–H and O–H groups in total. The Morgan fingerprint density at radius 2 is 2.32 bits per heavy atom. The maximum Gasteiger partial charge on any atom is 0.107 e. The number of hydrogen-bond donors (Lipinski definition) is 1. The number of hydrogen-bond acceptors (Lipinski definition) is 4. The predicted molar refractivity (Wildman–Crippen MR) is 73.6 cm³/mol. The fourth-order valence-corrected chi connectivity index (χ4v) is 2.58. The van der Waals surface area contributed by atoms with Crippen LogP contribution in [0.25, 0.3) is 11.4 Å². The van der Waals surface area contributed by atoms with E-state index in [0.29, 0.717) is 5.92 Å². The average molecular weight is 257 g/mol. The molecule has 0 aliphatic carbocycles. The van der Waals surface area contributed by atoms with Gasteiger partial charge in [0.15, 0.2) is 0 Å². The van der Waals surface area contributed by atoms with Gasteiger partial charge in [-0.05, 0) is 44.8 Å². The number of rotatable bonds is 4. The minimum absolute atomic E-state index is 0.710. The van der Waals surface area contributed by atoms with Crippen LogP contribution in [0.4, 0.5) is 0 Å². The summed E-state index contributed by atoms with van der Waals surface area (Å²) in [6.45, 7) is 5.16. The molecule has 2 aromatic heterocycles. The molecule has 3 heterocycles. The van der Waals surface area contributed by atoms with Gasteiger partial charge in [-0.3, -0.25) is 14.6 Å². The monoisotopic (exact) mass is 257 g/mol. The van der Waals surface area contributed by atoms with E-state index in [-0.39, 0.29) is 0 Å². The van der Waals surface area contributed by atoms with E-state index in [4.69, 9.17) is 0 Å². The molecule has 0 spiro atoms. The van der Waals surface area contributed by atoms with Crippen LogP contribution in [0.15, 0.2) is 24.7 Å². The molecule has 2 aromatic rings. The normalized spacial score (nSPS) is 18.9. The largest absolute Gasteiger partial charge is 0.316 e. The highest BCUT2D eigenvalue weighted by Crippen LogP contribution is 2.17. The Bertz CT molecular complexity index is 525. The van der Waals surface area contributed by atoms with Crippen molar-refractivity contribution in [1.82, 2.24) is 25.1 Å². The van der Waals surface area contributed by atoms with Crippen LogP contribution in [0.3, 0.4) is 0 Å². The SMILES string of the molecule is CCn1nccc1-c1cnc(CC2CCNC2)cn1. The van der Waals surface area contributed by atoms with Crippen molar-refractivity contribution in [3.05, 3.63) is 30.4 Å². The molecule has 0 aromatic carbocycles. The highest BCUT2D eigenvalue weighted by Gasteiger charge is 2.15. The van der Waals surface area contributed by atoms with Gasteiger partial charge in [-0.2, -0.15) is 5.10 Å². The summed E-state index contributed by atoms with van der Waals surface area (Å²) in [5, 5.41) is 7.64. The maximum atomic E-state index is 4.54. The Morgan fingerprint density at radius 1 is 1.37 bits per heavy atom. The zero-order valence-electron chi connectivity index (χ0n) is 11.2. The highest BCUT2D eigenvalue weighted by molar-refractivity contribution is 5.52. The second-order valence-corrected chi connectivity index (χ2v) is 4.99. The lowest BCUT2D eigenvalue weighted by Gasteiger charge is -2.08. The summed E-state index contributed by atoms with van der Waals surface area (Å²) in [6, 6.07) is 1.98. The second kappa shape index (κ2) is 5.48. The van der Waals surface area contributed by atoms with Crippen molar-refractivity contribution in [2.45, 2.75) is 26.3 Å². The smallest absolute Gasteiger partial charge is 0.107 e. The summed E-state index contributed by atoms with van der Waals surface area (Å²) in [5.41, 5.74) is 3.01. The summed E-state index contributed by atoms with van der Waals surface area (Å²) in [4.78, 5) is 9.07. The number of aromatic nitrogens is 4. The van der Waals surface area contributed by atoms with Crippen LogP contribution < -0.4 is 5.32 Å². The lowest BCUT2D eigenvalue weighted by Crippen LogP contribution is -2.11. The number of nitrogens with zero attached hydrogens (tertiary/aromatic N) is 4. The minimum atomic E-state index is 0.710. The average Bonchev–Trinajstić information content (AvgIpc) is 3.10. The summed E-state index contributed by atoms with van der Waals surface area (Å²) in [6.07, 6.45) is 7.83. The second-order valence-electron chi connectivity index (χ2n) is 4.99. The van der Waals surface area contributed by atoms with Gasteiger partial charge >= 0.3 is 0 Å². The van der Waals surface area contributed by atoms with Crippen LogP contribution in [0, 0.1) is 5.92 Å². The molecular weight excluding hydrogens is 238 g/mol. The molecule has 3 rings (SSSR count). The first-order valence-corrected chi connectivity index (χ1v) is 6.90. The van der Waals surface area contributed by atoms with Gasteiger partial charge in [0.05, 0.1) is 17.6 Å². The lowest BCUT2D eigenvalue weighted by atomic mass is 10.0. The van der Waals surface area contributed by atoms with Crippen molar-refractivity contribution >= 4 is 0 Å². The van der Waals surface area contributed by atoms with Crippen LogP contribution >= 0.6 is 0 Å². The maximum absolute atomic E-state index is 4.54. The van der Waals surface area contributed by atoms with E-state index in [1.54, 1.807) is 6.20 Å². The first-order valence-electron chi connectivity index (χ1n) is 6.90. The Labute approximate surface area is 113 Å². The molecule has 1 saturated heterocycles. The van der Waals surface area contributed by atoms with E-state index >= 15 is 0 Å². The minimum Gasteiger partial charge on any atom is -0.316 e. The van der Waals surface area contributed by atoms with Gasteiger partial charge in [-0.15, -0.1) is 0 Å². The van der Waals surface area contributed by atoms with Crippen LogP contribution in [-0.4, -0.2) is 32.8 Å². The van der Waals surface area contributed by atoms with Crippen molar-refractivity contribution in [3.63, 3.8) is 0 Å². The van der Waals surface area contributed by atoms with Crippen LogP contribution in [0.5, 0.6) is 0 Å². The van der Waals surface area contributed by atoms with Gasteiger partial charge in [0.25, 0.3) is 0 Å². The lowest BCUT2D eigenvalue weighted by molar-refractivity contribution is 0.570. The molecule has 1 fully saturated rings. The summed E-state index contributed by atoms with van der Waals surface area (Å²) in [7, 11) is 0. The third-order valence-electron chi connectivity index (χ3n) is 3.64. The molecule has 1 unspecified atom stereocenters. The van der Waals surface area contributed by atoms with Crippen molar-refractivity contribution in [1.29, 1.82) is 0 Å². The van der Waals surface area contributed by atoms with Gasteiger partial charge in [0.1, 0.15) is 5.69 Å². The zero-order chi connectivity index (χ0) is 13.1. The molecule has 5 nitrogen and oxygen atoms in total. The predicted octanol–water partition coefficient (Wildman–Crippen LogP) is 1.51. The van der Waals surface area contributed by atoms with Gasteiger partial charge in [0.2, 0.25) is 0 Å². The summed E-state index contributed by atoms with van der Waals surface area (Å²) >= 11 is 0. The van der Waals surface area contributed by atoms with E-state index in [2.05, 4.69) is 27.3 Å². The number of aryl methyl sites for hydroxylation is 1. The van der Waals surface area contributed by atoms with E-state index in [9.17, 15) is 0 Å². The van der Waals surface area contributed by atoms with E-state index in [1.165, 1.54) is 6.42 Å². The third kappa shape index (κ3) is 2.66. The molecule has 100 valence electrons. The molecule has 1 aliphatic rings. The van der Waals surface area contributed by atoms with Gasteiger partial charge in [-0.25, -0.2) is 0 Å². The Hall–Kier alpha value is -1.75. The van der Waals surface area contributed by atoms with E-state index in [1.807, 2.05) is 23.1 Å². The summed E-state index contributed by atoms with van der Waals surface area (Å²) in [5.74, 6) is 0.710. The van der Waals surface area contributed by atoms with E-state index in [0.717, 1.165) is 43.1 Å². The van der Waals surface area contributed by atoms with Crippen molar-refractivity contribution in [2.24, 2.45) is 5.92 Å². The Balaban J connectivity index is 1.75. The fourth-order valence-electron chi connectivity index (χ4n) is 2.58. The van der Waals surface area contributed by atoms with Crippen LogP contribution in [0.1, 0.15) is 19.0 Å². The molecule has 0 saturated carbocycles. The van der Waals surface area contributed by atoms with Crippen molar-refractivity contribution < 1.29 is 0 Å². The standard InChI is InChI=1S/C14H19N5/c1-2-19-14(4-6-18-19)13-10-16-12(9-17-13)7-11-3-5-15-8-11/h4,6,9-11,15H,2-3,5,7-8H2,1H3. The summed E-state index contributed by atoms with van der Waals surface area (Å²) < 4.78 is 1.94. The first-order chi connectivity index (χ1) is 9.36. The molecule has 0 amide bonds.